The molecule has 1 aliphatic rings. The molecule has 0 spiro atoms. The van der Waals surface area contributed by atoms with E-state index in [0.29, 0.717) is 17.3 Å². The molecule has 0 aliphatic carbocycles. The van der Waals surface area contributed by atoms with Gasteiger partial charge >= 0.3 is 0 Å². The molecule has 15 heavy (non-hydrogen) atoms. The van der Waals surface area contributed by atoms with Crippen LogP contribution in [0, 0.1) is 5.92 Å². The van der Waals surface area contributed by atoms with Crippen molar-refractivity contribution in [1.82, 2.24) is 9.78 Å². The van der Waals surface area contributed by atoms with E-state index < -0.39 is 0 Å². The van der Waals surface area contributed by atoms with Gasteiger partial charge in [-0.2, -0.15) is 16.9 Å². The number of aryl methyl sites for hydroxylation is 1. The van der Waals surface area contributed by atoms with E-state index in [1.54, 1.807) is 10.9 Å². The SMILES string of the molecule is CCn1ncc(Cl)c1C(=O)C1CCSC1. The summed E-state index contributed by atoms with van der Waals surface area (Å²) < 4.78 is 1.69. The maximum absolute atomic E-state index is 12.2. The first-order valence-electron chi connectivity index (χ1n) is 5.07. The van der Waals surface area contributed by atoms with Crippen molar-refractivity contribution in [2.75, 3.05) is 11.5 Å². The molecule has 5 heteroatoms. The van der Waals surface area contributed by atoms with E-state index in [0.717, 1.165) is 17.9 Å². The quantitative estimate of drug-likeness (QED) is 0.767. The lowest BCUT2D eigenvalue weighted by molar-refractivity contribution is 0.0923. The molecule has 0 N–H and O–H groups in total. The summed E-state index contributed by atoms with van der Waals surface area (Å²) in [5.41, 5.74) is 0.590. The first-order valence-corrected chi connectivity index (χ1v) is 6.60. The molecule has 0 saturated carbocycles. The third-order valence-electron chi connectivity index (χ3n) is 2.63. The van der Waals surface area contributed by atoms with Crippen LogP contribution in [0.25, 0.3) is 0 Å². The normalized spacial score (nSPS) is 20.8. The molecule has 1 unspecified atom stereocenters. The summed E-state index contributed by atoms with van der Waals surface area (Å²) in [7, 11) is 0. The van der Waals surface area contributed by atoms with Gasteiger partial charge in [-0.1, -0.05) is 11.6 Å². The zero-order chi connectivity index (χ0) is 10.8. The summed E-state index contributed by atoms with van der Waals surface area (Å²) in [6.45, 7) is 2.65. The van der Waals surface area contributed by atoms with Crippen molar-refractivity contribution in [3.05, 3.63) is 16.9 Å². The third kappa shape index (κ3) is 2.06. The number of thioether (sulfide) groups is 1. The lowest BCUT2D eigenvalue weighted by atomic mass is 10.0. The Kier molecular flexibility index (Phi) is 3.36. The van der Waals surface area contributed by atoms with Gasteiger partial charge < -0.3 is 0 Å². The number of hydrogen-bond acceptors (Lipinski definition) is 3. The first-order chi connectivity index (χ1) is 7.24. The van der Waals surface area contributed by atoms with Crippen LogP contribution < -0.4 is 0 Å². The first kappa shape index (κ1) is 11.0. The standard InChI is InChI=1S/C10H13ClN2OS/c1-2-13-9(8(11)5-12-13)10(14)7-3-4-15-6-7/h5,7H,2-4,6H2,1H3. The minimum atomic E-state index is 0.134. The van der Waals surface area contributed by atoms with Crippen molar-refractivity contribution in [2.45, 2.75) is 19.9 Å². The van der Waals surface area contributed by atoms with Gasteiger partial charge in [-0.3, -0.25) is 9.48 Å². The molecule has 0 bridgehead atoms. The molecule has 0 aromatic carbocycles. The molecule has 1 fully saturated rings. The van der Waals surface area contributed by atoms with Gasteiger partial charge in [0.15, 0.2) is 5.78 Å². The van der Waals surface area contributed by atoms with Gasteiger partial charge in [0, 0.05) is 18.2 Å². The second kappa shape index (κ2) is 4.58. The van der Waals surface area contributed by atoms with E-state index in [4.69, 9.17) is 11.6 Å². The van der Waals surface area contributed by atoms with Crippen molar-refractivity contribution in [3.63, 3.8) is 0 Å². The summed E-state index contributed by atoms with van der Waals surface area (Å²) in [6.07, 6.45) is 2.52. The second-order valence-corrected chi connectivity index (χ2v) is 5.14. The van der Waals surface area contributed by atoms with Crippen molar-refractivity contribution in [2.24, 2.45) is 5.92 Å². The molecule has 1 aliphatic heterocycles. The number of carbonyl (C=O) groups is 1. The lowest BCUT2D eigenvalue weighted by Crippen LogP contribution is -2.18. The van der Waals surface area contributed by atoms with E-state index >= 15 is 0 Å². The second-order valence-electron chi connectivity index (χ2n) is 3.58. The Morgan fingerprint density at radius 2 is 2.60 bits per heavy atom. The molecule has 1 saturated heterocycles. The van der Waals surface area contributed by atoms with Crippen molar-refractivity contribution in [3.8, 4) is 0 Å². The summed E-state index contributed by atoms with van der Waals surface area (Å²) in [4.78, 5) is 12.2. The van der Waals surface area contributed by atoms with Crippen molar-refractivity contribution in [1.29, 1.82) is 0 Å². The highest BCUT2D eigenvalue weighted by Crippen LogP contribution is 2.28. The number of rotatable bonds is 3. The molecular formula is C10H13ClN2OS. The van der Waals surface area contributed by atoms with Crippen LogP contribution in [0.2, 0.25) is 5.02 Å². The van der Waals surface area contributed by atoms with Crippen LogP contribution >= 0.6 is 23.4 Å². The Morgan fingerprint density at radius 3 is 3.20 bits per heavy atom. The number of halogens is 1. The van der Waals surface area contributed by atoms with Crippen LogP contribution in [0.3, 0.4) is 0 Å². The van der Waals surface area contributed by atoms with Gasteiger partial charge in [0.2, 0.25) is 0 Å². The molecule has 3 nitrogen and oxygen atoms in total. The van der Waals surface area contributed by atoms with E-state index in [1.807, 2.05) is 18.7 Å². The number of nitrogens with zero attached hydrogens (tertiary/aromatic N) is 2. The highest BCUT2D eigenvalue weighted by molar-refractivity contribution is 7.99. The molecule has 1 aromatic heterocycles. The fraction of sp³-hybridized carbons (Fsp3) is 0.600. The van der Waals surface area contributed by atoms with Crippen LogP contribution in [0.5, 0.6) is 0 Å². The highest BCUT2D eigenvalue weighted by atomic mass is 35.5. The Bertz CT molecular complexity index is 371. The average molecular weight is 245 g/mol. The fourth-order valence-corrected chi connectivity index (χ4v) is 3.24. The predicted molar refractivity (Wildman–Crippen MR) is 62.7 cm³/mol. The number of Topliss-reactive ketones (excluding diaryl/α,β-unsaturated/α-hetero) is 1. The van der Waals surface area contributed by atoms with Gasteiger partial charge in [-0.25, -0.2) is 0 Å². The summed E-state index contributed by atoms with van der Waals surface area (Å²) in [5.74, 6) is 2.29. The van der Waals surface area contributed by atoms with E-state index in [1.165, 1.54) is 0 Å². The highest BCUT2D eigenvalue weighted by Gasteiger charge is 2.28. The number of carbonyl (C=O) groups excluding carboxylic acids is 1. The Hall–Kier alpha value is -0.480. The van der Waals surface area contributed by atoms with Crippen LogP contribution in [-0.2, 0) is 6.54 Å². The minimum Gasteiger partial charge on any atom is -0.292 e. The smallest absolute Gasteiger partial charge is 0.186 e. The molecule has 0 radical (unpaired) electrons. The molecule has 2 rings (SSSR count). The Labute approximate surface area is 98.2 Å². The molecule has 2 heterocycles. The number of aromatic nitrogens is 2. The number of hydrogen-bond donors (Lipinski definition) is 0. The Morgan fingerprint density at radius 1 is 1.80 bits per heavy atom. The molecule has 0 amide bonds. The summed E-state index contributed by atoms with van der Waals surface area (Å²) in [6, 6.07) is 0. The molecular weight excluding hydrogens is 232 g/mol. The maximum Gasteiger partial charge on any atom is 0.186 e. The zero-order valence-corrected chi connectivity index (χ0v) is 10.1. The van der Waals surface area contributed by atoms with E-state index in [9.17, 15) is 4.79 Å². The molecule has 82 valence electrons. The maximum atomic E-state index is 12.2. The largest absolute Gasteiger partial charge is 0.292 e. The topological polar surface area (TPSA) is 34.9 Å². The fourth-order valence-electron chi connectivity index (χ4n) is 1.78. The minimum absolute atomic E-state index is 0.134. The molecule has 1 atom stereocenters. The van der Waals surface area contributed by atoms with E-state index in [2.05, 4.69) is 5.10 Å². The van der Waals surface area contributed by atoms with Gasteiger partial charge in [-0.05, 0) is 19.1 Å². The number of ketones is 1. The van der Waals surface area contributed by atoms with Crippen molar-refractivity contribution < 1.29 is 4.79 Å². The van der Waals surface area contributed by atoms with E-state index in [-0.39, 0.29) is 11.7 Å². The molecule has 1 aromatic rings. The van der Waals surface area contributed by atoms with Gasteiger partial charge in [0.05, 0.1) is 11.2 Å². The average Bonchev–Trinajstić information content (AvgIpc) is 2.85. The van der Waals surface area contributed by atoms with Crippen LogP contribution in [0.4, 0.5) is 0 Å². The van der Waals surface area contributed by atoms with Crippen LogP contribution in [0.1, 0.15) is 23.8 Å². The van der Waals surface area contributed by atoms with Crippen molar-refractivity contribution >= 4 is 29.1 Å². The monoisotopic (exact) mass is 244 g/mol. The zero-order valence-electron chi connectivity index (χ0n) is 8.57. The van der Waals surface area contributed by atoms with Gasteiger partial charge in [-0.15, -0.1) is 0 Å². The third-order valence-corrected chi connectivity index (χ3v) is 4.07. The predicted octanol–water partition coefficient (Wildman–Crippen LogP) is 2.49. The van der Waals surface area contributed by atoms with Gasteiger partial charge in [0.25, 0.3) is 0 Å². The van der Waals surface area contributed by atoms with Crippen LogP contribution in [-0.4, -0.2) is 27.1 Å². The van der Waals surface area contributed by atoms with Gasteiger partial charge in [0.1, 0.15) is 5.69 Å². The van der Waals surface area contributed by atoms with Crippen LogP contribution in [0.15, 0.2) is 6.20 Å². The summed E-state index contributed by atoms with van der Waals surface area (Å²) >= 11 is 7.82. The summed E-state index contributed by atoms with van der Waals surface area (Å²) in [5, 5.41) is 4.57. The lowest BCUT2D eigenvalue weighted by Gasteiger charge is -2.09. The Balaban J connectivity index is 2.27.